The van der Waals surface area contributed by atoms with Gasteiger partial charge in [-0.25, -0.2) is 10.2 Å². The summed E-state index contributed by atoms with van der Waals surface area (Å²) in [6.07, 6.45) is 5.54. The van der Waals surface area contributed by atoms with Crippen LogP contribution in [0.5, 0.6) is 0 Å². The standard InChI is InChI=1S/C16H22N2O2/c1-2-20-16(19)18-17-15(13-9-5-3-6-10-13)14-11-7-4-8-12-14/h3,5-6,9-10,14H,2,4,7-8,11-12H2,1H3,(H,18,19). The van der Waals surface area contributed by atoms with E-state index in [2.05, 4.69) is 10.5 Å². The molecule has 1 amide bonds. The van der Waals surface area contributed by atoms with E-state index in [0.29, 0.717) is 12.5 Å². The fraction of sp³-hybridized carbons (Fsp3) is 0.500. The molecule has 1 aliphatic rings. The van der Waals surface area contributed by atoms with Crippen molar-refractivity contribution in [1.82, 2.24) is 5.43 Å². The molecule has 0 unspecified atom stereocenters. The molecule has 1 fully saturated rings. The molecular formula is C16H22N2O2. The molecule has 0 aliphatic heterocycles. The molecule has 108 valence electrons. The maximum atomic E-state index is 11.4. The van der Waals surface area contributed by atoms with E-state index in [-0.39, 0.29) is 0 Å². The van der Waals surface area contributed by atoms with Crippen LogP contribution < -0.4 is 5.43 Å². The van der Waals surface area contributed by atoms with Crippen molar-refractivity contribution in [1.29, 1.82) is 0 Å². The van der Waals surface area contributed by atoms with Crippen molar-refractivity contribution in [2.45, 2.75) is 39.0 Å². The zero-order valence-electron chi connectivity index (χ0n) is 12.0. The van der Waals surface area contributed by atoms with Crippen molar-refractivity contribution < 1.29 is 9.53 Å². The molecule has 0 radical (unpaired) electrons. The Hall–Kier alpha value is -1.84. The van der Waals surface area contributed by atoms with E-state index in [1.165, 1.54) is 19.3 Å². The largest absolute Gasteiger partial charge is 0.449 e. The minimum atomic E-state index is -0.489. The number of nitrogens with zero attached hydrogens (tertiary/aromatic N) is 1. The lowest BCUT2D eigenvalue weighted by atomic mass is 9.83. The Morgan fingerprint density at radius 2 is 1.95 bits per heavy atom. The highest BCUT2D eigenvalue weighted by molar-refractivity contribution is 6.02. The Morgan fingerprint density at radius 3 is 2.60 bits per heavy atom. The summed E-state index contributed by atoms with van der Waals surface area (Å²) >= 11 is 0. The second-order valence-corrected chi connectivity index (χ2v) is 5.03. The molecule has 0 aromatic heterocycles. The highest BCUT2D eigenvalue weighted by atomic mass is 16.5. The van der Waals surface area contributed by atoms with Crippen LogP contribution in [0, 0.1) is 5.92 Å². The van der Waals surface area contributed by atoms with Crippen molar-refractivity contribution >= 4 is 11.8 Å². The van der Waals surface area contributed by atoms with Gasteiger partial charge >= 0.3 is 6.09 Å². The van der Waals surface area contributed by atoms with Crippen LogP contribution in [0.3, 0.4) is 0 Å². The summed E-state index contributed by atoms with van der Waals surface area (Å²) in [6.45, 7) is 2.13. The van der Waals surface area contributed by atoms with Crippen LogP contribution in [0.2, 0.25) is 0 Å². The summed E-state index contributed by atoms with van der Waals surface area (Å²) in [5.74, 6) is 0.424. The average Bonchev–Trinajstić information content (AvgIpc) is 2.50. The molecule has 0 atom stereocenters. The molecular weight excluding hydrogens is 252 g/mol. The molecule has 0 saturated heterocycles. The molecule has 0 spiro atoms. The number of carbonyl (C=O) groups is 1. The van der Waals surface area contributed by atoms with E-state index in [4.69, 9.17) is 4.74 Å². The Labute approximate surface area is 120 Å². The zero-order valence-corrected chi connectivity index (χ0v) is 12.0. The summed E-state index contributed by atoms with van der Waals surface area (Å²) < 4.78 is 4.86. The van der Waals surface area contributed by atoms with Crippen LogP contribution in [-0.2, 0) is 4.74 Å². The van der Waals surface area contributed by atoms with Gasteiger partial charge in [0.1, 0.15) is 0 Å². The van der Waals surface area contributed by atoms with Crippen molar-refractivity contribution in [3.05, 3.63) is 35.9 Å². The number of carbonyl (C=O) groups excluding carboxylic acids is 1. The van der Waals surface area contributed by atoms with Crippen LogP contribution in [-0.4, -0.2) is 18.4 Å². The summed E-state index contributed by atoms with van der Waals surface area (Å²) in [4.78, 5) is 11.4. The van der Waals surface area contributed by atoms with Crippen LogP contribution in [0.25, 0.3) is 0 Å². The van der Waals surface area contributed by atoms with Gasteiger partial charge in [-0.3, -0.25) is 0 Å². The van der Waals surface area contributed by atoms with Gasteiger partial charge in [-0.1, -0.05) is 49.6 Å². The molecule has 1 saturated carbocycles. The summed E-state index contributed by atoms with van der Waals surface area (Å²) in [5.41, 5.74) is 4.56. The monoisotopic (exact) mass is 274 g/mol. The fourth-order valence-corrected chi connectivity index (χ4v) is 2.65. The van der Waals surface area contributed by atoms with Gasteiger partial charge < -0.3 is 4.74 Å². The predicted molar refractivity (Wildman–Crippen MR) is 79.7 cm³/mol. The molecule has 20 heavy (non-hydrogen) atoms. The van der Waals surface area contributed by atoms with Crippen molar-refractivity contribution in [3.63, 3.8) is 0 Å². The number of rotatable bonds is 4. The first-order valence-corrected chi connectivity index (χ1v) is 7.37. The lowest BCUT2D eigenvalue weighted by Gasteiger charge is -2.23. The van der Waals surface area contributed by atoms with Gasteiger partial charge in [0.05, 0.1) is 12.3 Å². The number of amides is 1. The molecule has 1 aromatic carbocycles. The van der Waals surface area contributed by atoms with Crippen molar-refractivity contribution in [3.8, 4) is 0 Å². The van der Waals surface area contributed by atoms with E-state index >= 15 is 0 Å². The van der Waals surface area contributed by atoms with Gasteiger partial charge in [0.15, 0.2) is 0 Å². The SMILES string of the molecule is CCOC(=O)NN=C(c1ccccc1)C1CCCCC1. The first kappa shape index (κ1) is 14.6. The number of hydrazone groups is 1. The van der Waals surface area contributed by atoms with Gasteiger partial charge in [0.25, 0.3) is 0 Å². The first-order valence-electron chi connectivity index (χ1n) is 7.37. The zero-order chi connectivity index (χ0) is 14.2. The number of benzene rings is 1. The van der Waals surface area contributed by atoms with Crippen molar-refractivity contribution in [2.75, 3.05) is 6.61 Å². The molecule has 2 rings (SSSR count). The smallest absolute Gasteiger partial charge is 0.427 e. The van der Waals surface area contributed by atoms with E-state index in [9.17, 15) is 4.79 Å². The highest BCUT2D eigenvalue weighted by Gasteiger charge is 2.21. The quantitative estimate of drug-likeness (QED) is 0.672. The third-order valence-electron chi connectivity index (χ3n) is 3.60. The van der Waals surface area contributed by atoms with Gasteiger partial charge in [-0.15, -0.1) is 0 Å². The second-order valence-electron chi connectivity index (χ2n) is 5.03. The van der Waals surface area contributed by atoms with Gasteiger partial charge in [0.2, 0.25) is 0 Å². The Balaban J connectivity index is 2.15. The Kier molecular flexibility index (Phi) is 5.59. The predicted octanol–water partition coefficient (Wildman–Crippen LogP) is 3.72. The Bertz CT molecular complexity index is 451. The normalized spacial score (nSPS) is 16.8. The molecule has 1 N–H and O–H groups in total. The van der Waals surface area contributed by atoms with Crippen molar-refractivity contribution in [2.24, 2.45) is 11.0 Å². The maximum absolute atomic E-state index is 11.4. The van der Waals surface area contributed by atoms with Gasteiger partial charge in [-0.2, -0.15) is 5.10 Å². The highest BCUT2D eigenvalue weighted by Crippen LogP contribution is 2.27. The van der Waals surface area contributed by atoms with Crippen LogP contribution in [0.15, 0.2) is 35.4 Å². The minimum Gasteiger partial charge on any atom is -0.449 e. The number of hydrogen-bond donors (Lipinski definition) is 1. The topological polar surface area (TPSA) is 50.7 Å². The summed E-state index contributed by atoms with van der Waals surface area (Å²) in [6, 6.07) is 10.1. The average molecular weight is 274 g/mol. The van der Waals surface area contributed by atoms with E-state index < -0.39 is 6.09 Å². The molecule has 1 aromatic rings. The van der Waals surface area contributed by atoms with E-state index in [0.717, 1.165) is 24.1 Å². The van der Waals surface area contributed by atoms with E-state index in [1.807, 2.05) is 30.3 Å². The van der Waals surface area contributed by atoms with Gasteiger partial charge in [0, 0.05) is 5.92 Å². The second kappa shape index (κ2) is 7.68. The summed E-state index contributed by atoms with van der Waals surface area (Å²) in [7, 11) is 0. The molecule has 4 nitrogen and oxygen atoms in total. The first-order chi connectivity index (χ1) is 9.81. The number of ether oxygens (including phenoxy) is 1. The summed E-state index contributed by atoms with van der Waals surface area (Å²) in [5, 5.41) is 4.33. The number of nitrogens with one attached hydrogen (secondary N) is 1. The third kappa shape index (κ3) is 4.08. The Morgan fingerprint density at radius 1 is 1.25 bits per heavy atom. The van der Waals surface area contributed by atoms with Crippen LogP contribution in [0.1, 0.15) is 44.6 Å². The molecule has 1 aliphatic carbocycles. The van der Waals surface area contributed by atoms with E-state index in [1.54, 1.807) is 6.92 Å². The fourth-order valence-electron chi connectivity index (χ4n) is 2.65. The van der Waals surface area contributed by atoms with Gasteiger partial charge in [-0.05, 0) is 25.3 Å². The molecule has 0 heterocycles. The maximum Gasteiger partial charge on any atom is 0.427 e. The molecule has 0 bridgehead atoms. The van der Waals surface area contributed by atoms with Crippen LogP contribution >= 0.6 is 0 Å². The minimum absolute atomic E-state index is 0.353. The molecule has 4 heteroatoms. The lowest BCUT2D eigenvalue weighted by molar-refractivity contribution is 0.152. The van der Waals surface area contributed by atoms with Crippen LogP contribution in [0.4, 0.5) is 4.79 Å². The number of hydrogen-bond acceptors (Lipinski definition) is 3. The lowest BCUT2D eigenvalue weighted by Crippen LogP contribution is -2.25. The third-order valence-corrected chi connectivity index (χ3v) is 3.60.